The summed E-state index contributed by atoms with van der Waals surface area (Å²) in [4.78, 5) is 15.5. The van der Waals surface area contributed by atoms with Crippen LogP contribution < -0.4 is 15.8 Å². The van der Waals surface area contributed by atoms with Crippen molar-refractivity contribution in [3.8, 4) is 5.88 Å². The third kappa shape index (κ3) is 3.60. The van der Waals surface area contributed by atoms with Gasteiger partial charge in [-0.25, -0.2) is 19.3 Å². The Morgan fingerprint density at radius 3 is 2.96 bits per heavy atom. The second-order valence-electron chi connectivity index (χ2n) is 5.67. The SMILES string of the molecule is CC(Nc1ccc2nc[nH]c2n1)c1cc(F)cnc1OC[C@H](C)N. The molecule has 0 radical (unpaired) electrons. The molecule has 0 amide bonds. The predicted molar refractivity (Wildman–Crippen MR) is 89.3 cm³/mol. The molecule has 0 aromatic carbocycles. The standard InChI is InChI=1S/C16H19FN6O/c1-9(18)7-24-16-12(5-11(17)6-19-16)10(2)22-14-4-3-13-15(23-14)21-8-20-13/h3-6,8-10H,7,18H2,1-2H3,(H2,20,21,22,23)/t9-,10?/m0/s1. The molecule has 0 bridgehead atoms. The van der Waals surface area contributed by atoms with Crippen molar-refractivity contribution in [2.24, 2.45) is 5.73 Å². The summed E-state index contributed by atoms with van der Waals surface area (Å²) in [6.45, 7) is 4.01. The summed E-state index contributed by atoms with van der Waals surface area (Å²) in [6.07, 6.45) is 2.71. The van der Waals surface area contributed by atoms with Crippen LogP contribution in [0.1, 0.15) is 25.5 Å². The first-order valence-electron chi connectivity index (χ1n) is 7.63. The van der Waals surface area contributed by atoms with Crippen molar-refractivity contribution in [3.05, 3.63) is 42.1 Å². The van der Waals surface area contributed by atoms with Crippen LogP contribution in [0.3, 0.4) is 0 Å². The Balaban J connectivity index is 1.82. The van der Waals surface area contributed by atoms with E-state index in [1.165, 1.54) is 6.07 Å². The molecule has 7 nitrogen and oxygen atoms in total. The minimum atomic E-state index is -0.427. The van der Waals surface area contributed by atoms with Gasteiger partial charge in [0.05, 0.1) is 18.6 Å². The number of hydrogen-bond acceptors (Lipinski definition) is 6. The molecular weight excluding hydrogens is 311 g/mol. The van der Waals surface area contributed by atoms with Gasteiger partial charge in [-0.15, -0.1) is 0 Å². The summed E-state index contributed by atoms with van der Waals surface area (Å²) >= 11 is 0. The molecule has 0 aliphatic rings. The fourth-order valence-corrected chi connectivity index (χ4v) is 2.29. The zero-order valence-electron chi connectivity index (χ0n) is 13.5. The van der Waals surface area contributed by atoms with E-state index in [0.717, 1.165) is 11.7 Å². The van der Waals surface area contributed by atoms with E-state index in [9.17, 15) is 4.39 Å². The van der Waals surface area contributed by atoms with Crippen LogP contribution >= 0.6 is 0 Å². The molecule has 0 aliphatic carbocycles. The van der Waals surface area contributed by atoms with Crippen LogP contribution in [0.5, 0.6) is 5.88 Å². The number of pyridine rings is 2. The van der Waals surface area contributed by atoms with E-state index in [1.54, 1.807) is 6.33 Å². The molecule has 1 unspecified atom stereocenters. The van der Waals surface area contributed by atoms with Gasteiger partial charge < -0.3 is 20.8 Å². The number of nitrogens with two attached hydrogens (primary N) is 1. The molecule has 126 valence electrons. The molecule has 8 heteroatoms. The maximum atomic E-state index is 13.6. The first-order chi connectivity index (χ1) is 11.5. The van der Waals surface area contributed by atoms with Crippen LogP contribution in [0.2, 0.25) is 0 Å². The highest BCUT2D eigenvalue weighted by Crippen LogP contribution is 2.26. The molecule has 3 heterocycles. The summed E-state index contributed by atoms with van der Waals surface area (Å²) in [7, 11) is 0. The normalized spacial score (nSPS) is 13.7. The van der Waals surface area contributed by atoms with Crippen LogP contribution in [0.25, 0.3) is 11.2 Å². The van der Waals surface area contributed by atoms with Gasteiger partial charge in [0, 0.05) is 11.6 Å². The van der Waals surface area contributed by atoms with Gasteiger partial charge in [0.1, 0.15) is 23.8 Å². The van der Waals surface area contributed by atoms with Crippen molar-refractivity contribution in [1.82, 2.24) is 19.9 Å². The Hall–Kier alpha value is -2.74. The topological polar surface area (TPSA) is 102 Å². The Bertz CT molecular complexity index is 834. The number of aromatic nitrogens is 4. The monoisotopic (exact) mass is 330 g/mol. The van der Waals surface area contributed by atoms with Gasteiger partial charge >= 0.3 is 0 Å². The van der Waals surface area contributed by atoms with Gasteiger partial charge in [-0.3, -0.25) is 0 Å². The fourth-order valence-electron chi connectivity index (χ4n) is 2.29. The second-order valence-corrected chi connectivity index (χ2v) is 5.67. The van der Waals surface area contributed by atoms with Crippen molar-refractivity contribution < 1.29 is 9.13 Å². The Kier molecular flexibility index (Phi) is 4.57. The lowest BCUT2D eigenvalue weighted by Crippen LogP contribution is -2.24. The Morgan fingerprint density at radius 2 is 2.17 bits per heavy atom. The van der Waals surface area contributed by atoms with E-state index >= 15 is 0 Å². The second kappa shape index (κ2) is 6.79. The first kappa shape index (κ1) is 16.1. The Labute approximate surface area is 138 Å². The number of anilines is 1. The highest BCUT2D eigenvalue weighted by atomic mass is 19.1. The van der Waals surface area contributed by atoms with Crippen LogP contribution in [-0.2, 0) is 0 Å². The number of nitrogens with one attached hydrogen (secondary N) is 2. The molecule has 24 heavy (non-hydrogen) atoms. The van der Waals surface area contributed by atoms with Gasteiger partial charge in [0.25, 0.3) is 0 Å². The summed E-state index contributed by atoms with van der Waals surface area (Å²) < 4.78 is 19.2. The maximum Gasteiger partial charge on any atom is 0.218 e. The quantitative estimate of drug-likeness (QED) is 0.641. The van der Waals surface area contributed by atoms with Gasteiger partial charge in [-0.05, 0) is 32.0 Å². The van der Waals surface area contributed by atoms with E-state index in [0.29, 0.717) is 29.5 Å². The number of rotatable bonds is 6. The number of fused-ring (bicyclic) bond motifs is 1. The third-order valence-corrected chi connectivity index (χ3v) is 3.44. The molecular formula is C16H19FN6O. The lowest BCUT2D eigenvalue weighted by atomic mass is 10.1. The highest BCUT2D eigenvalue weighted by Gasteiger charge is 2.16. The molecule has 2 atom stereocenters. The highest BCUT2D eigenvalue weighted by molar-refractivity contribution is 5.72. The van der Waals surface area contributed by atoms with Crippen molar-refractivity contribution in [1.29, 1.82) is 0 Å². The largest absolute Gasteiger partial charge is 0.476 e. The molecule has 0 fully saturated rings. The number of ether oxygens (including phenoxy) is 1. The van der Waals surface area contributed by atoms with Gasteiger partial charge in [-0.1, -0.05) is 0 Å². The average Bonchev–Trinajstić information content (AvgIpc) is 3.01. The van der Waals surface area contributed by atoms with Gasteiger partial charge in [0.2, 0.25) is 5.88 Å². The van der Waals surface area contributed by atoms with Crippen molar-refractivity contribution in [2.75, 3.05) is 11.9 Å². The number of imidazole rings is 1. The van der Waals surface area contributed by atoms with Crippen molar-refractivity contribution in [3.63, 3.8) is 0 Å². The van der Waals surface area contributed by atoms with Gasteiger partial charge in [0.15, 0.2) is 5.65 Å². The minimum absolute atomic E-state index is 0.141. The lowest BCUT2D eigenvalue weighted by molar-refractivity contribution is 0.280. The van der Waals surface area contributed by atoms with Crippen LogP contribution in [-0.4, -0.2) is 32.6 Å². The van der Waals surface area contributed by atoms with Crippen LogP contribution in [0.15, 0.2) is 30.7 Å². The lowest BCUT2D eigenvalue weighted by Gasteiger charge is -2.18. The number of nitrogens with zero attached hydrogens (tertiary/aromatic N) is 3. The van der Waals surface area contributed by atoms with Crippen LogP contribution in [0.4, 0.5) is 10.2 Å². The van der Waals surface area contributed by atoms with E-state index < -0.39 is 5.82 Å². The summed E-state index contributed by atoms with van der Waals surface area (Å²) in [5.74, 6) is 0.571. The van der Waals surface area contributed by atoms with Gasteiger partial charge in [-0.2, -0.15) is 0 Å². The van der Waals surface area contributed by atoms with Crippen LogP contribution in [0, 0.1) is 5.82 Å². The molecule has 0 spiro atoms. The zero-order valence-corrected chi connectivity index (χ0v) is 13.5. The zero-order chi connectivity index (χ0) is 17.1. The Morgan fingerprint density at radius 1 is 1.33 bits per heavy atom. The number of aromatic amines is 1. The predicted octanol–water partition coefficient (Wildman–Crippen LogP) is 2.39. The molecule has 3 aromatic heterocycles. The van der Waals surface area contributed by atoms with E-state index in [1.807, 2.05) is 26.0 Å². The molecule has 3 rings (SSSR count). The summed E-state index contributed by atoms with van der Waals surface area (Å²) in [6, 6.07) is 4.66. The molecule has 0 aliphatic heterocycles. The summed E-state index contributed by atoms with van der Waals surface area (Å²) in [5.41, 5.74) is 7.76. The minimum Gasteiger partial charge on any atom is -0.476 e. The average molecular weight is 330 g/mol. The third-order valence-electron chi connectivity index (χ3n) is 3.44. The first-order valence-corrected chi connectivity index (χ1v) is 7.63. The number of halogens is 1. The van der Waals surface area contributed by atoms with E-state index in [-0.39, 0.29) is 12.1 Å². The molecule has 3 aromatic rings. The van der Waals surface area contributed by atoms with E-state index in [4.69, 9.17) is 10.5 Å². The molecule has 4 N–H and O–H groups in total. The maximum absolute atomic E-state index is 13.6. The van der Waals surface area contributed by atoms with Crippen molar-refractivity contribution >= 4 is 17.0 Å². The molecule has 0 saturated carbocycles. The number of hydrogen-bond donors (Lipinski definition) is 3. The number of H-pyrrole nitrogens is 1. The molecule has 0 saturated heterocycles. The van der Waals surface area contributed by atoms with Crippen molar-refractivity contribution in [2.45, 2.75) is 25.9 Å². The smallest absolute Gasteiger partial charge is 0.218 e. The fraction of sp³-hybridized carbons (Fsp3) is 0.312. The summed E-state index contributed by atoms with van der Waals surface area (Å²) in [5, 5.41) is 3.22. The van der Waals surface area contributed by atoms with E-state index in [2.05, 4.69) is 25.3 Å².